The summed E-state index contributed by atoms with van der Waals surface area (Å²) in [5.74, 6) is 0.124. The summed E-state index contributed by atoms with van der Waals surface area (Å²) in [7, 11) is 0. The van der Waals surface area contributed by atoms with Crippen LogP contribution in [0.3, 0.4) is 0 Å². The highest BCUT2D eigenvalue weighted by Crippen LogP contribution is 2.16. The van der Waals surface area contributed by atoms with Gasteiger partial charge in [0.05, 0.1) is 5.03 Å². The van der Waals surface area contributed by atoms with Gasteiger partial charge in [-0.05, 0) is 19.3 Å². The predicted octanol–water partition coefficient (Wildman–Crippen LogP) is 3.42. The predicted molar refractivity (Wildman–Crippen MR) is 51.3 cm³/mol. The van der Waals surface area contributed by atoms with Gasteiger partial charge in [-0.2, -0.15) is 0 Å². The first kappa shape index (κ1) is 9.79. The highest BCUT2D eigenvalue weighted by Gasteiger charge is 2.06. The van der Waals surface area contributed by atoms with Crippen molar-refractivity contribution in [1.82, 2.24) is 0 Å². The zero-order valence-corrected chi connectivity index (χ0v) is 8.07. The van der Waals surface area contributed by atoms with E-state index in [-0.39, 0.29) is 5.78 Å². The van der Waals surface area contributed by atoms with Crippen molar-refractivity contribution in [3.63, 3.8) is 0 Å². The summed E-state index contributed by atoms with van der Waals surface area (Å²) in [5.41, 5.74) is 0. The number of Topliss-reactive ketones (excluding diaryl/α,β-unsaturated/α-hetero) is 1. The Labute approximate surface area is 78.8 Å². The Balaban J connectivity index is 2.47. The lowest BCUT2D eigenvalue weighted by Gasteiger charge is -2.03. The molecule has 1 rings (SSSR count). The van der Waals surface area contributed by atoms with Gasteiger partial charge >= 0.3 is 0 Å². The van der Waals surface area contributed by atoms with Crippen molar-refractivity contribution in [3.8, 4) is 0 Å². The quantitative estimate of drug-likeness (QED) is 0.567. The second kappa shape index (κ2) is 5.36. The number of hydrogen-bond acceptors (Lipinski definition) is 1. The van der Waals surface area contributed by atoms with Crippen LogP contribution in [0.4, 0.5) is 0 Å². The molecule has 0 aromatic rings. The molecule has 0 aliphatic heterocycles. The van der Waals surface area contributed by atoms with Crippen LogP contribution >= 0.6 is 11.6 Å². The lowest BCUT2D eigenvalue weighted by Crippen LogP contribution is -1.98. The second-order valence-electron chi connectivity index (χ2n) is 3.28. The van der Waals surface area contributed by atoms with Crippen LogP contribution in [-0.4, -0.2) is 5.78 Å². The van der Waals surface area contributed by atoms with Crippen molar-refractivity contribution >= 4 is 17.4 Å². The minimum atomic E-state index is 0.124. The van der Waals surface area contributed by atoms with Gasteiger partial charge in [-0.1, -0.05) is 36.9 Å². The third-order valence-corrected chi connectivity index (χ3v) is 2.56. The highest BCUT2D eigenvalue weighted by molar-refractivity contribution is 6.42. The van der Waals surface area contributed by atoms with E-state index in [0.29, 0.717) is 11.5 Å². The van der Waals surface area contributed by atoms with E-state index in [2.05, 4.69) is 0 Å². The van der Waals surface area contributed by atoms with Gasteiger partial charge in [0.15, 0.2) is 5.78 Å². The molecule has 0 aromatic heterocycles. The smallest absolute Gasteiger partial charge is 0.173 e. The molecule has 0 radical (unpaired) electrons. The Hall–Kier alpha value is -0.300. The van der Waals surface area contributed by atoms with E-state index >= 15 is 0 Å². The fourth-order valence-corrected chi connectivity index (χ4v) is 1.63. The number of hydrogen-bond donors (Lipinski definition) is 0. The van der Waals surface area contributed by atoms with Crippen LogP contribution in [0.15, 0.2) is 11.1 Å². The molecule has 0 unspecified atom stereocenters. The van der Waals surface area contributed by atoms with Crippen LogP contribution in [0.25, 0.3) is 0 Å². The molecule has 2 heteroatoms. The Bertz CT molecular complexity index is 184. The summed E-state index contributed by atoms with van der Waals surface area (Å²) in [6.45, 7) is 0. The van der Waals surface area contributed by atoms with E-state index in [1.165, 1.54) is 25.7 Å². The lowest BCUT2D eigenvalue weighted by atomic mass is 10.0. The number of carbonyl (C=O) groups is 1. The fourth-order valence-electron chi connectivity index (χ4n) is 1.42. The topological polar surface area (TPSA) is 17.1 Å². The van der Waals surface area contributed by atoms with E-state index in [0.717, 1.165) is 12.8 Å². The van der Waals surface area contributed by atoms with Crippen LogP contribution in [-0.2, 0) is 4.79 Å². The van der Waals surface area contributed by atoms with Crippen LogP contribution in [0.5, 0.6) is 0 Å². The molecule has 12 heavy (non-hydrogen) atoms. The Morgan fingerprint density at radius 3 is 2.58 bits per heavy atom. The summed E-state index contributed by atoms with van der Waals surface area (Å²) in [6, 6.07) is 0. The number of allylic oxidation sites excluding steroid dienone is 2. The normalized spacial score (nSPS) is 26.1. The Kier molecular flexibility index (Phi) is 4.37. The standard InChI is InChI=1S/C10H15ClO/c11-9-7-5-3-1-2-4-6-8-10(9)12/h7H,1-6,8H2/b9-7-. The van der Waals surface area contributed by atoms with Gasteiger partial charge < -0.3 is 0 Å². The first-order valence-corrected chi connectivity index (χ1v) is 5.07. The van der Waals surface area contributed by atoms with Gasteiger partial charge in [-0.15, -0.1) is 0 Å². The van der Waals surface area contributed by atoms with E-state index in [1.54, 1.807) is 0 Å². The van der Waals surface area contributed by atoms with Crippen LogP contribution in [0, 0.1) is 0 Å². The van der Waals surface area contributed by atoms with Gasteiger partial charge in [0, 0.05) is 6.42 Å². The molecule has 0 spiro atoms. The Morgan fingerprint density at radius 1 is 1.08 bits per heavy atom. The maximum absolute atomic E-state index is 11.2. The number of ketones is 1. The van der Waals surface area contributed by atoms with Crippen molar-refractivity contribution < 1.29 is 4.79 Å². The minimum Gasteiger partial charge on any atom is -0.293 e. The van der Waals surface area contributed by atoms with Crippen LogP contribution in [0.1, 0.15) is 44.9 Å². The van der Waals surface area contributed by atoms with E-state index in [9.17, 15) is 4.79 Å². The van der Waals surface area contributed by atoms with Gasteiger partial charge in [-0.3, -0.25) is 4.79 Å². The maximum Gasteiger partial charge on any atom is 0.173 e. The molecular formula is C10H15ClO. The van der Waals surface area contributed by atoms with E-state index in [4.69, 9.17) is 11.6 Å². The van der Waals surface area contributed by atoms with Gasteiger partial charge in [0.25, 0.3) is 0 Å². The van der Waals surface area contributed by atoms with Crippen molar-refractivity contribution in [2.24, 2.45) is 0 Å². The SMILES string of the molecule is O=C1CCCCCCC/C=C/1Cl. The van der Waals surface area contributed by atoms with Crippen LogP contribution in [0.2, 0.25) is 0 Å². The van der Waals surface area contributed by atoms with E-state index in [1.807, 2.05) is 6.08 Å². The number of halogens is 1. The first-order valence-electron chi connectivity index (χ1n) is 4.69. The molecule has 0 atom stereocenters. The molecule has 0 heterocycles. The second-order valence-corrected chi connectivity index (χ2v) is 3.69. The average molecular weight is 187 g/mol. The van der Waals surface area contributed by atoms with Gasteiger partial charge in [-0.25, -0.2) is 0 Å². The third kappa shape index (κ3) is 3.40. The molecule has 1 aliphatic rings. The molecular weight excluding hydrogens is 172 g/mol. The van der Waals surface area contributed by atoms with Crippen molar-refractivity contribution in [2.45, 2.75) is 44.9 Å². The number of rotatable bonds is 0. The van der Waals surface area contributed by atoms with E-state index < -0.39 is 0 Å². The molecule has 0 bridgehead atoms. The minimum absolute atomic E-state index is 0.124. The summed E-state index contributed by atoms with van der Waals surface area (Å²) in [6.07, 6.45) is 9.35. The average Bonchev–Trinajstić information content (AvgIpc) is 2.08. The lowest BCUT2D eigenvalue weighted by molar-refractivity contribution is -0.115. The molecule has 0 N–H and O–H groups in total. The molecule has 68 valence electrons. The molecule has 1 aliphatic carbocycles. The van der Waals surface area contributed by atoms with Crippen molar-refractivity contribution in [2.75, 3.05) is 0 Å². The highest BCUT2D eigenvalue weighted by atomic mass is 35.5. The summed E-state index contributed by atoms with van der Waals surface area (Å²) in [4.78, 5) is 11.2. The third-order valence-electron chi connectivity index (χ3n) is 2.20. The molecule has 0 saturated heterocycles. The maximum atomic E-state index is 11.2. The fraction of sp³-hybridized carbons (Fsp3) is 0.700. The molecule has 0 aromatic carbocycles. The summed E-state index contributed by atoms with van der Waals surface area (Å²) < 4.78 is 0. The summed E-state index contributed by atoms with van der Waals surface area (Å²) in [5, 5.41) is 0.455. The number of carbonyl (C=O) groups excluding carboxylic acids is 1. The summed E-state index contributed by atoms with van der Waals surface area (Å²) >= 11 is 5.78. The zero-order chi connectivity index (χ0) is 8.81. The van der Waals surface area contributed by atoms with Gasteiger partial charge in [0.2, 0.25) is 0 Å². The van der Waals surface area contributed by atoms with Crippen LogP contribution < -0.4 is 0 Å². The molecule has 0 fully saturated rings. The Morgan fingerprint density at radius 2 is 1.75 bits per heavy atom. The largest absolute Gasteiger partial charge is 0.293 e. The monoisotopic (exact) mass is 186 g/mol. The van der Waals surface area contributed by atoms with Crippen molar-refractivity contribution in [1.29, 1.82) is 0 Å². The molecule has 0 saturated carbocycles. The molecule has 1 nitrogen and oxygen atoms in total. The first-order chi connectivity index (χ1) is 5.80. The van der Waals surface area contributed by atoms with Crippen molar-refractivity contribution in [3.05, 3.63) is 11.1 Å². The molecule has 0 amide bonds. The van der Waals surface area contributed by atoms with Gasteiger partial charge in [0.1, 0.15) is 0 Å². The zero-order valence-electron chi connectivity index (χ0n) is 7.31.